The van der Waals surface area contributed by atoms with Crippen LogP contribution in [0.4, 0.5) is 0 Å². The van der Waals surface area contributed by atoms with Gasteiger partial charge in [-0.3, -0.25) is 4.79 Å². The first-order valence-electron chi connectivity index (χ1n) is 8.19. The number of hydrogen-bond acceptors (Lipinski definition) is 3. The molecule has 120 valence electrons. The van der Waals surface area contributed by atoms with Crippen molar-refractivity contribution in [2.75, 3.05) is 7.11 Å². The first-order valence-corrected chi connectivity index (χ1v) is 8.19. The standard InChI is InChI=1S/C19H26O3/c1-15(18-9-4-3-5-10-19(20)22-18)7-6-8-16-11-13-17(21-2)14-12-16/h6,8,11-15,18H,3-5,7,9-10H2,1-2H3. The van der Waals surface area contributed by atoms with Gasteiger partial charge in [0.15, 0.2) is 0 Å². The number of methoxy groups -OCH3 is 1. The van der Waals surface area contributed by atoms with Gasteiger partial charge in [0.2, 0.25) is 0 Å². The number of ether oxygens (including phenoxy) is 2. The van der Waals surface area contributed by atoms with Gasteiger partial charge < -0.3 is 9.47 Å². The smallest absolute Gasteiger partial charge is 0.306 e. The number of benzene rings is 1. The maximum absolute atomic E-state index is 11.7. The summed E-state index contributed by atoms with van der Waals surface area (Å²) in [6.07, 6.45) is 10.1. The molecule has 2 atom stereocenters. The third kappa shape index (κ3) is 5.21. The van der Waals surface area contributed by atoms with Crippen LogP contribution in [0.15, 0.2) is 30.3 Å². The van der Waals surface area contributed by atoms with Crippen molar-refractivity contribution in [3.05, 3.63) is 35.9 Å². The normalized spacial score (nSPS) is 21.0. The van der Waals surface area contributed by atoms with Crippen LogP contribution in [-0.2, 0) is 9.53 Å². The molecule has 0 aliphatic carbocycles. The molecule has 0 spiro atoms. The van der Waals surface area contributed by atoms with Crippen LogP contribution in [0.25, 0.3) is 6.08 Å². The lowest BCUT2D eigenvalue weighted by Gasteiger charge is -2.25. The van der Waals surface area contributed by atoms with E-state index in [9.17, 15) is 4.79 Å². The van der Waals surface area contributed by atoms with Crippen molar-refractivity contribution in [2.45, 2.75) is 51.6 Å². The Morgan fingerprint density at radius 3 is 2.77 bits per heavy atom. The van der Waals surface area contributed by atoms with Crippen molar-refractivity contribution in [1.82, 2.24) is 0 Å². The van der Waals surface area contributed by atoms with Gasteiger partial charge in [0.1, 0.15) is 11.9 Å². The molecule has 1 aromatic rings. The SMILES string of the molecule is COc1ccc(C=CCC(C)C2CCCCCC(=O)O2)cc1. The molecule has 0 saturated carbocycles. The molecule has 0 amide bonds. The summed E-state index contributed by atoms with van der Waals surface area (Å²) in [4.78, 5) is 11.7. The Morgan fingerprint density at radius 2 is 2.05 bits per heavy atom. The van der Waals surface area contributed by atoms with Crippen LogP contribution in [0.5, 0.6) is 5.75 Å². The number of esters is 1. The van der Waals surface area contributed by atoms with E-state index >= 15 is 0 Å². The van der Waals surface area contributed by atoms with Gasteiger partial charge in [-0.2, -0.15) is 0 Å². The Balaban J connectivity index is 1.85. The molecular weight excluding hydrogens is 276 g/mol. The quantitative estimate of drug-likeness (QED) is 0.745. The van der Waals surface area contributed by atoms with E-state index in [-0.39, 0.29) is 12.1 Å². The van der Waals surface area contributed by atoms with Crippen LogP contribution < -0.4 is 4.74 Å². The molecule has 22 heavy (non-hydrogen) atoms. The van der Waals surface area contributed by atoms with Crippen molar-refractivity contribution < 1.29 is 14.3 Å². The second kappa shape index (κ2) is 8.62. The van der Waals surface area contributed by atoms with E-state index in [1.54, 1.807) is 7.11 Å². The average molecular weight is 302 g/mol. The van der Waals surface area contributed by atoms with Crippen molar-refractivity contribution in [1.29, 1.82) is 0 Å². The van der Waals surface area contributed by atoms with Crippen molar-refractivity contribution >= 4 is 12.0 Å². The van der Waals surface area contributed by atoms with Crippen molar-refractivity contribution in [3.8, 4) is 5.75 Å². The van der Waals surface area contributed by atoms with Crippen LogP contribution >= 0.6 is 0 Å². The van der Waals surface area contributed by atoms with Gasteiger partial charge >= 0.3 is 5.97 Å². The fourth-order valence-electron chi connectivity index (χ4n) is 2.76. The van der Waals surface area contributed by atoms with E-state index in [2.05, 4.69) is 19.1 Å². The first-order chi connectivity index (χ1) is 10.7. The number of allylic oxidation sites excluding steroid dienone is 1. The maximum atomic E-state index is 11.7. The van der Waals surface area contributed by atoms with Crippen LogP contribution in [-0.4, -0.2) is 19.2 Å². The summed E-state index contributed by atoms with van der Waals surface area (Å²) in [6.45, 7) is 2.16. The third-order valence-corrected chi connectivity index (χ3v) is 4.22. The summed E-state index contributed by atoms with van der Waals surface area (Å²) < 4.78 is 10.7. The highest BCUT2D eigenvalue weighted by Crippen LogP contribution is 2.23. The fourth-order valence-corrected chi connectivity index (χ4v) is 2.76. The molecule has 0 aromatic heterocycles. The minimum absolute atomic E-state index is 0.0318. The number of rotatable bonds is 5. The number of carbonyl (C=O) groups excluding carboxylic acids is 1. The van der Waals surface area contributed by atoms with E-state index in [1.165, 1.54) is 0 Å². The lowest BCUT2D eigenvalue weighted by Crippen LogP contribution is -2.26. The predicted molar refractivity (Wildman–Crippen MR) is 88.8 cm³/mol. The Bertz CT molecular complexity index is 490. The minimum atomic E-state index is -0.0318. The zero-order valence-corrected chi connectivity index (χ0v) is 13.6. The molecule has 1 aliphatic rings. The summed E-state index contributed by atoms with van der Waals surface area (Å²) in [6, 6.07) is 7.99. The lowest BCUT2D eigenvalue weighted by molar-refractivity contribution is -0.153. The molecule has 1 aliphatic heterocycles. The van der Waals surface area contributed by atoms with Gasteiger partial charge in [-0.1, -0.05) is 37.6 Å². The van der Waals surface area contributed by atoms with Gasteiger partial charge in [-0.05, 0) is 49.3 Å². The highest BCUT2D eigenvalue weighted by Gasteiger charge is 2.22. The van der Waals surface area contributed by atoms with E-state index in [0.717, 1.165) is 43.4 Å². The number of hydrogen-bond donors (Lipinski definition) is 0. The summed E-state index contributed by atoms with van der Waals surface area (Å²) in [5.74, 6) is 1.19. The molecule has 1 fully saturated rings. The number of carbonyl (C=O) groups is 1. The number of cyclic esters (lactones) is 1. The van der Waals surface area contributed by atoms with Gasteiger partial charge in [-0.15, -0.1) is 0 Å². The van der Waals surface area contributed by atoms with Crippen molar-refractivity contribution in [3.63, 3.8) is 0 Å². The Morgan fingerprint density at radius 1 is 1.27 bits per heavy atom. The molecule has 3 nitrogen and oxygen atoms in total. The third-order valence-electron chi connectivity index (χ3n) is 4.22. The van der Waals surface area contributed by atoms with Crippen LogP contribution in [0.1, 0.15) is 51.0 Å². The zero-order chi connectivity index (χ0) is 15.8. The Hall–Kier alpha value is -1.77. The molecule has 1 aromatic carbocycles. The van der Waals surface area contributed by atoms with Crippen LogP contribution in [0, 0.1) is 5.92 Å². The summed E-state index contributed by atoms with van der Waals surface area (Å²) >= 11 is 0. The molecular formula is C19H26O3. The molecule has 1 saturated heterocycles. The predicted octanol–water partition coefficient (Wildman–Crippen LogP) is 4.61. The molecule has 3 heteroatoms. The van der Waals surface area contributed by atoms with E-state index < -0.39 is 0 Å². The molecule has 0 radical (unpaired) electrons. The van der Waals surface area contributed by atoms with Crippen LogP contribution in [0.3, 0.4) is 0 Å². The Labute approximate surface area is 133 Å². The van der Waals surface area contributed by atoms with Gasteiger partial charge in [0.25, 0.3) is 0 Å². The molecule has 1 heterocycles. The minimum Gasteiger partial charge on any atom is -0.497 e. The van der Waals surface area contributed by atoms with E-state index in [4.69, 9.17) is 9.47 Å². The lowest BCUT2D eigenvalue weighted by atomic mass is 9.94. The monoisotopic (exact) mass is 302 g/mol. The summed E-state index contributed by atoms with van der Waals surface area (Å²) in [5, 5.41) is 0. The average Bonchev–Trinajstić information content (AvgIpc) is 2.51. The van der Waals surface area contributed by atoms with Gasteiger partial charge in [0, 0.05) is 6.42 Å². The summed E-state index contributed by atoms with van der Waals surface area (Å²) in [5.41, 5.74) is 1.16. The molecule has 0 bridgehead atoms. The summed E-state index contributed by atoms with van der Waals surface area (Å²) in [7, 11) is 1.67. The topological polar surface area (TPSA) is 35.5 Å². The maximum Gasteiger partial charge on any atom is 0.306 e. The molecule has 0 N–H and O–H groups in total. The largest absolute Gasteiger partial charge is 0.497 e. The highest BCUT2D eigenvalue weighted by molar-refractivity contribution is 5.69. The Kier molecular flexibility index (Phi) is 6.50. The van der Waals surface area contributed by atoms with Crippen LogP contribution in [0.2, 0.25) is 0 Å². The second-order valence-electron chi connectivity index (χ2n) is 6.02. The second-order valence-corrected chi connectivity index (χ2v) is 6.02. The zero-order valence-electron chi connectivity index (χ0n) is 13.6. The molecule has 2 rings (SSSR count). The molecule has 2 unspecified atom stereocenters. The fraction of sp³-hybridized carbons (Fsp3) is 0.526. The van der Waals surface area contributed by atoms with Gasteiger partial charge in [0.05, 0.1) is 7.11 Å². The van der Waals surface area contributed by atoms with Gasteiger partial charge in [-0.25, -0.2) is 0 Å². The van der Waals surface area contributed by atoms with Crippen molar-refractivity contribution in [2.24, 2.45) is 5.92 Å². The van der Waals surface area contributed by atoms with E-state index in [0.29, 0.717) is 12.3 Å². The highest BCUT2D eigenvalue weighted by atomic mass is 16.5. The van der Waals surface area contributed by atoms with E-state index in [1.807, 2.05) is 24.3 Å². The first kappa shape index (κ1) is 16.6.